The van der Waals surface area contributed by atoms with Gasteiger partial charge in [-0.25, -0.2) is 4.98 Å². The van der Waals surface area contributed by atoms with Gasteiger partial charge in [-0.15, -0.1) is 0 Å². The van der Waals surface area contributed by atoms with Crippen LogP contribution in [0.3, 0.4) is 0 Å². The number of benzene rings is 2. The van der Waals surface area contributed by atoms with Crippen molar-refractivity contribution in [2.75, 3.05) is 13.1 Å². The molecule has 1 saturated heterocycles. The Morgan fingerprint density at radius 2 is 1.79 bits per heavy atom. The summed E-state index contributed by atoms with van der Waals surface area (Å²) < 4.78 is 7.15. The number of Topliss-reactive ketones (excluding diaryl/α,β-unsaturated/α-hetero) is 1. The van der Waals surface area contributed by atoms with Gasteiger partial charge in [0.1, 0.15) is 6.10 Å². The molecule has 0 spiro atoms. The Hall–Kier alpha value is -2.44. The summed E-state index contributed by atoms with van der Waals surface area (Å²) >= 11 is 7.39. The van der Waals surface area contributed by atoms with Crippen molar-refractivity contribution in [1.82, 2.24) is 9.88 Å². The molecule has 2 heterocycles. The molecule has 3 aromatic rings. The minimum Gasteiger partial charge on any atom is -0.467 e. The predicted octanol–water partition coefficient (Wildman–Crippen LogP) is 4.98. The van der Waals surface area contributed by atoms with Crippen molar-refractivity contribution in [3.8, 4) is 5.19 Å². The minimum absolute atomic E-state index is 0.0192. The number of amides is 1. The number of nitrogens with zero attached hydrogens (tertiary/aromatic N) is 2. The van der Waals surface area contributed by atoms with E-state index in [9.17, 15) is 9.59 Å². The molecule has 0 unspecified atom stereocenters. The standard InChI is InChI=1S/C22H21ClN2O3S/c23-16-7-5-15(6-8-16)19(26)9-10-21(27)25-13-11-17(12-14-25)28-22-24-18-3-1-2-4-20(18)29-22/h1-8,17H,9-14H2. The fraction of sp³-hybridized carbons (Fsp3) is 0.318. The summed E-state index contributed by atoms with van der Waals surface area (Å²) in [5.74, 6) is -0.0187. The molecule has 150 valence electrons. The molecule has 0 atom stereocenters. The molecule has 1 amide bonds. The van der Waals surface area contributed by atoms with Gasteiger partial charge in [-0.3, -0.25) is 9.59 Å². The number of thiazole rings is 1. The highest BCUT2D eigenvalue weighted by atomic mass is 35.5. The van der Waals surface area contributed by atoms with Crippen LogP contribution in [0, 0.1) is 0 Å². The lowest BCUT2D eigenvalue weighted by Gasteiger charge is -2.31. The molecule has 1 aliphatic heterocycles. The zero-order valence-electron chi connectivity index (χ0n) is 15.8. The van der Waals surface area contributed by atoms with E-state index < -0.39 is 0 Å². The van der Waals surface area contributed by atoms with Crippen LogP contribution < -0.4 is 4.74 Å². The molecule has 1 aliphatic rings. The maximum Gasteiger partial charge on any atom is 0.274 e. The van der Waals surface area contributed by atoms with E-state index in [0.717, 1.165) is 23.1 Å². The maximum absolute atomic E-state index is 12.5. The van der Waals surface area contributed by atoms with Crippen molar-refractivity contribution in [2.24, 2.45) is 0 Å². The number of para-hydroxylation sites is 1. The number of likely N-dealkylation sites (tertiary alicyclic amines) is 1. The first-order chi connectivity index (χ1) is 14.1. The molecule has 2 aromatic carbocycles. The summed E-state index contributed by atoms with van der Waals surface area (Å²) in [5.41, 5.74) is 1.54. The average Bonchev–Trinajstić information content (AvgIpc) is 3.15. The first kappa shape index (κ1) is 19.9. The minimum atomic E-state index is -0.0379. The van der Waals surface area contributed by atoms with Gasteiger partial charge in [0.15, 0.2) is 5.78 Å². The molecule has 1 fully saturated rings. The van der Waals surface area contributed by atoms with E-state index in [0.29, 0.717) is 28.9 Å². The number of fused-ring (bicyclic) bond motifs is 1. The third-order valence-corrected chi connectivity index (χ3v) is 6.25. The number of rotatable bonds is 6. The highest BCUT2D eigenvalue weighted by Crippen LogP contribution is 2.29. The number of hydrogen-bond donors (Lipinski definition) is 0. The number of ether oxygens (including phenoxy) is 1. The largest absolute Gasteiger partial charge is 0.467 e. The van der Waals surface area contributed by atoms with Gasteiger partial charge in [-0.2, -0.15) is 0 Å². The second-order valence-electron chi connectivity index (χ2n) is 7.08. The molecule has 5 nitrogen and oxygen atoms in total. The van der Waals surface area contributed by atoms with Crippen molar-refractivity contribution >= 4 is 44.8 Å². The third-order valence-electron chi connectivity index (χ3n) is 5.07. The molecular weight excluding hydrogens is 408 g/mol. The molecule has 1 aromatic heterocycles. The van der Waals surface area contributed by atoms with Crippen molar-refractivity contribution < 1.29 is 14.3 Å². The van der Waals surface area contributed by atoms with Gasteiger partial charge in [0.25, 0.3) is 5.19 Å². The van der Waals surface area contributed by atoms with Crippen LogP contribution in [0.1, 0.15) is 36.0 Å². The highest BCUT2D eigenvalue weighted by molar-refractivity contribution is 7.20. The summed E-state index contributed by atoms with van der Waals surface area (Å²) in [5, 5.41) is 1.28. The first-order valence-electron chi connectivity index (χ1n) is 9.67. The van der Waals surface area contributed by atoms with E-state index in [1.54, 1.807) is 35.6 Å². The Kier molecular flexibility index (Phi) is 6.11. The van der Waals surface area contributed by atoms with Crippen molar-refractivity contribution in [1.29, 1.82) is 0 Å². The van der Waals surface area contributed by atoms with Crippen LogP contribution in [0.25, 0.3) is 10.2 Å². The molecule has 0 radical (unpaired) electrons. The number of carbonyl (C=O) groups is 2. The molecule has 29 heavy (non-hydrogen) atoms. The van der Waals surface area contributed by atoms with Gasteiger partial charge >= 0.3 is 0 Å². The summed E-state index contributed by atoms with van der Waals surface area (Å²) in [7, 11) is 0. The molecular formula is C22H21ClN2O3S. The second-order valence-corrected chi connectivity index (χ2v) is 8.51. The zero-order chi connectivity index (χ0) is 20.2. The van der Waals surface area contributed by atoms with Crippen LogP contribution in [0.4, 0.5) is 0 Å². The quantitative estimate of drug-likeness (QED) is 0.519. The van der Waals surface area contributed by atoms with E-state index in [1.165, 1.54) is 0 Å². The van der Waals surface area contributed by atoms with Crippen LogP contribution in [0.15, 0.2) is 48.5 Å². The number of hydrogen-bond acceptors (Lipinski definition) is 5. The van der Waals surface area contributed by atoms with Crippen LogP contribution in [-0.4, -0.2) is 40.8 Å². The topological polar surface area (TPSA) is 59.5 Å². The Morgan fingerprint density at radius 1 is 1.07 bits per heavy atom. The molecule has 7 heteroatoms. The van der Waals surface area contributed by atoms with Gasteiger partial charge in [-0.1, -0.05) is 35.1 Å². The van der Waals surface area contributed by atoms with Crippen LogP contribution >= 0.6 is 22.9 Å². The van der Waals surface area contributed by atoms with Gasteiger partial charge < -0.3 is 9.64 Å². The lowest BCUT2D eigenvalue weighted by Crippen LogP contribution is -2.41. The van der Waals surface area contributed by atoms with Gasteiger partial charge in [-0.05, 0) is 36.4 Å². The monoisotopic (exact) mass is 428 g/mol. The Bertz CT molecular complexity index is 977. The number of halogens is 1. The van der Waals surface area contributed by atoms with Gasteiger partial charge in [0, 0.05) is 49.4 Å². The highest BCUT2D eigenvalue weighted by Gasteiger charge is 2.25. The molecule has 0 N–H and O–H groups in total. The van der Waals surface area contributed by atoms with Crippen molar-refractivity contribution in [3.05, 3.63) is 59.1 Å². The van der Waals surface area contributed by atoms with E-state index in [4.69, 9.17) is 16.3 Å². The van der Waals surface area contributed by atoms with Crippen LogP contribution in [-0.2, 0) is 4.79 Å². The predicted molar refractivity (Wildman–Crippen MR) is 115 cm³/mol. The summed E-state index contributed by atoms with van der Waals surface area (Å²) in [6.45, 7) is 1.28. The Balaban J connectivity index is 1.24. The van der Waals surface area contributed by atoms with Crippen molar-refractivity contribution in [2.45, 2.75) is 31.8 Å². The molecule has 0 bridgehead atoms. The summed E-state index contributed by atoms with van der Waals surface area (Å²) in [6, 6.07) is 14.7. The lowest BCUT2D eigenvalue weighted by atomic mass is 10.0. The first-order valence-corrected chi connectivity index (χ1v) is 10.9. The SMILES string of the molecule is O=C(CCC(=O)N1CCC(Oc2nc3ccccc3s2)CC1)c1ccc(Cl)cc1. The molecule has 4 rings (SSSR count). The van der Waals surface area contributed by atoms with E-state index >= 15 is 0 Å². The van der Waals surface area contributed by atoms with Crippen LogP contribution in [0.2, 0.25) is 5.02 Å². The van der Waals surface area contributed by atoms with Gasteiger partial charge in [0.05, 0.1) is 10.2 Å². The van der Waals surface area contributed by atoms with E-state index in [2.05, 4.69) is 4.98 Å². The fourth-order valence-corrected chi connectivity index (χ4v) is 4.43. The smallest absolute Gasteiger partial charge is 0.274 e. The maximum atomic E-state index is 12.5. The fourth-order valence-electron chi connectivity index (χ4n) is 3.43. The van der Waals surface area contributed by atoms with Gasteiger partial charge in [0.2, 0.25) is 5.91 Å². The third kappa shape index (κ3) is 4.95. The van der Waals surface area contributed by atoms with E-state index in [-0.39, 0.29) is 30.6 Å². The number of carbonyl (C=O) groups excluding carboxylic acids is 2. The van der Waals surface area contributed by atoms with Crippen molar-refractivity contribution in [3.63, 3.8) is 0 Å². The Morgan fingerprint density at radius 3 is 2.52 bits per heavy atom. The number of ketones is 1. The molecule has 0 aliphatic carbocycles. The Labute approximate surface area is 178 Å². The zero-order valence-corrected chi connectivity index (χ0v) is 17.4. The van der Waals surface area contributed by atoms with Crippen LogP contribution in [0.5, 0.6) is 5.19 Å². The average molecular weight is 429 g/mol. The number of aromatic nitrogens is 1. The summed E-state index contributed by atoms with van der Waals surface area (Å²) in [6.07, 6.45) is 2.04. The number of piperidine rings is 1. The normalized spacial score (nSPS) is 14.9. The summed E-state index contributed by atoms with van der Waals surface area (Å²) in [4.78, 5) is 31.0. The molecule has 0 saturated carbocycles. The lowest BCUT2D eigenvalue weighted by molar-refractivity contribution is -0.132. The van der Waals surface area contributed by atoms with E-state index in [1.807, 2.05) is 29.2 Å². The second kappa shape index (κ2) is 8.93.